The third-order valence-electron chi connectivity index (χ3n) is 2.98. The highest BCUT2D eigenvalue weighted by atomic mass is 16.5. The Bertz CT molecular complexity index is 551. The van der Waals surface area contributed by atoms with E-state index in [4.69, 9.17) is 9.47 Å². The van der Waals surface area contributed by atoms with Crippen LogP contribution in [0, 0.1) is 0 Å². The van der Waals surface area contributed by atoms with Crippen LogP contribution >= 0.6 is 0 Å². The van der Waals surface area contributed by atoms with Crippen molar-refractivity contribution in [3.05, 3.63) is 41.7 Å². The van der Waals surface area contributed by atoms with Crippen LogP contribution in [-0.2, 0) is 13.5 Å². The van der Waals surface area contributed by atoms with Crippen LogP contribution in [0.3, 0.4) is 0 Å². The maximum absolute atomic E-state index is 10.2. The fourth-order valence-electron chi connectivity index (χ4n) is 1.98. The standard InChI is InChI=1S/C14H18N2O3/c1-16-9-10(8-15-16)6-12(17)11-4-5-13(18-2)14(7-11)19-3/h4-5,7-9,12,17H,6H2,1-3H3. The first-order valence-electron chi connectivity index (χ1n) is 6.01. The van der Waals surface area contributed by atoms with Gasteiger partial charge in [-0.1, -0.05) is 6.07 Å². The Morgan fingerprint density at radius 2 is 2.00 bits per heavy atom. The molecule has 0 spiro atoms. The number of hydrogen-bond donors (Lipinski definition) is 1. The van der Waals surface area contributed by atoms with E-state index in [1.165, 1.54) is 0 Å². The molecular formula is C14H18N2O3. The topological polar surface area (TPSA) is 56.5 Å². The van der Waals surface area contributed by atoms with Crippen molar-refractivity contribution in [1.82, 2.24) is 9.78 Å². The number of aryl methyl sites for hydroxylation is 1. The number of aliphatic hydroxyl groups excluding tert-OH is 1. The van der Waals surface area contributed by atoms with Gasteiger partial charge in [0.15, 0.2) is 11.5 Å². The number of hydrogen-bond acceptors (Lipinski definition) is 4. The van der Waals surface area contributed by atoms with Gasteiger partial charge in [0.25, 0.3) is 0 Å². The highest BCUT2D eigenvalue weighted by Crippen LogP contribution is 2.30. The molecule has 1 unspecified atom stereocenters. The maximum Gasteiger partial charge on any atom is 0.161 e. The second-order valence-corrected chi connectivity index (χ2v) is 4.36. The molecule has 2 rings (SSSR count). The summed E-state index contributed by atoms with van der Waals surface area (Å²) in [6.45, 7) is 0. The Hall–Kier alpha value is -2.01. The van der Waals surface area contributed by atoms with E-state index in [1.54, 1.807) is 37.2 Å². The molecule has 0 aliphatic carbocycles. The minimum Gasteiger partial charge on any atom is -0.493 e. The van der Waals surface area contributed by atoms with Crippen molar-refractivity contribution in [2.75, 3.05) is 14.2 Å². The van der Waals surface area contributed by atoms with Crippen molar-refractivity contribution in [2.45, 2.75) is 12.5 Å². The Labute approximate surface area is 112 Å². The average Bonchev–Trinajstić information content (AvgIpc) is 2.83. The molecule has 0 amide bonds. The van der Waals surface area contributed by atoms with E-state index in [9.17, 15) is 5.11 Å². The molecule has 1 aromatic carbocycles. The normalized spacial score (nSPS) is 12.2. The molecule has 0 saturated heterocycles. The van der Waals surface area contributed by atoms with Crippen molar-refractivity contribution in [3.8, 4) is 11.5 Å². The lowest BCUT2D eigenvalue weighted by molar-refractivity contribution is 0.178. The monoisotopic (exact) mass is 262 g/mol. The second kappa shape index (κ2) is 5.75. The van der Waals surface area contributed by atoms with E-state index in [0.29, 0.717) is 17.9 Å². The van der Waals surface area contributed by atoms with E-state index in [1.807, 2.05) is 19.3 Å². The zero-order chi connectivity index (χ0) is 13.8. The summed E-state index contributed by atoms with van der Waals surface area (Å²) in [5.74, 6) is 1.27. The molecule has 19 heavy (non-hydrogen) atoms. The maximum atomic E-state index is 10.2. The summed E-state index contributed by atoms with van der Waals surface area (Å²) >= 11 is 0. The Balaban J connectivity index is 2.16. The summed E-state index contributed by atoms with van der Waals surface area (Å²) < 4.78 is 12.1. The molecule has 0 aliphatic rings. The van der Waals surface area contributed by atoms with Gasteiger partial charge < -0.3 is 14.6 Å². The third-order valence-corrected chi connectivity index (χ3v) is 2.98. The molecule has 5 nitrogen and oxygen atoms in total. The minimum absolute atomic E-state index is 0.517. The molecule has 0 radical (unpaired) electrons. The van der Waals surface area contributed by atoms with Crippen molar-refractivity contribution < 1.29 is 14.6 Å². The van der Waals surface area contributed by atoms with Crippen LogP contribution < -0.4 is 9.47 Å². The van der Waals surface area contributed by atoms with E-state index >= 15 is 0 Å². The molecule has 0 bridgehead atoms. The third kappa shape index (κ3) is 3.06. The van der Waals surface area contributed by atoms with Gasteiger partial charge >= 0.3 is 0 Å². The lowest BCUT2D eigenvalue weighted by atomic mass is 10.0. The van der Waals surface area contributed by atoms with E-state index < -0.39 is 6.10 Å². The lowest BCUT2D eigenvalue weighted by Crippen LogP contribution is -2.02. The predicted molar refractivity (Wildman–Crippen MR) is 71.4 cm³/mol. The van der Waals surface area contributed by atoms with Crippen LogP contribution in [0.5, 0.6) is 11.5 Å². The fourth-order valence-corrected chi connectivity index (χ4v) is 1.98. The Kier molecular flexibility index (Phi) is 4.06. The first-order chi connectivity index (χ1) is 9.13. The van der Waals surface area contributed by atoms with Gasteiger partial charge in [-0.15, -0.1) is 0 Å². The number of methoxy groups -OCH3 is 2. The molecular weight excluding hydrogens is 244 g/mol. The van der Waals surface area contributed by atoms with Crippen molar-refractivity contribution >= 4 is 0 Å². The van der Waals surface area contributed by atoms with Gasteiger partial charge in [0.2, 0.25) is 0 Å². The molecule has 0 saturated carbocycles. The Morgan fingerprint density at radius 3 is 2.58 bits per heavy atom. The van der Waals surface area contributed by atoms with Crippen molar-refractivity contribution in [3.63, 3.8) is 0 Å². The molecule has 5 heteroatoms. The zero-order valence-electron chi connectivity index (χ0n) is 11.3. The average molecular weight is 262 g/mol. The number of nitrogens with zero attached hydrogens (tertiary/aromatic N) is 2. The van der Waals surface area contributed by atoms with Crippen molar-refractivity contribution in [2.24, 2.45) is 7.05 Å². The molecule has 1 atom stereocenters. The van der Waals surface area contributed by atoms with E-state index in [0.717, 1.165) is 11.1 Å². The van der Waals surface area contributed by atoms with E-state index in [-0.39, 0.29) is 0 Å². The summed E-state index contributed by atoms with van der Waals surface area (Å²) in [4.78, 5) is 0. The molecule has 0 fully saturated rings. The molecule has 102 valence electrons. The van der Waals surface area contributed by atoms with Crippen LogP contribution in [0.15, 0.2) is 30.6 Å². The number of aliphatic hydroxyl groups is 1. The summed E-state index contributed by atoms with van der Waals surface area (Å²) in [5, 5.41) is 14.3. The quantitative estimate of drug-likeness (QED) is 0.891. The molecule has 1 heterocycles. The zero-order valence-corrected chi connectivity index (χ0v) is 11.3. The number of rotatable bonds is 5. The van der Waals surface area contributed by atoms with Crippen LogP contribution in [0.25, 0.3) is 0 Å². The largest absolute Gasteiger partial charge is 0.493 e. The van der Waals surface area contributed by atoms with Crippen molar-refractivity contribution in [1.29, 1.82) is 0 Å². The van der Waals surface area contributed by atoms with Gasteiger partial charge in [0, 0.05) is 19.7 Å². The summed E-state index contributed by atoms with van der Waals surface area (Å²) in [7, 11) is 5.02. The second-order valence-electron chi connectivity index (χ2n) is 4.36. The minimum atomic E-state index is -0.594. The first-order valence-corrected chi connectivity index (χ1v) is 6.01. The molecule has 2 aromatic rings. The summed E-state index contributed by atoms with van der Waals surface area (Å²) in [6.07, 6.45) is 3.57. The molecule has 0 aliphatic heterocycles. The van der Waals surface area contributed by atoms with Gasteiger partial charge in [0.1, 0.15) is 0 Å². The predicted octanol–water partition coefficient (Wildman–Crippen LogP) is 1.71. The molecule has 1 N–H and O–H groups in total. The molecule has 1 aromatic heterocycles. The van der Waals surface area contributed by atoms with Crippen LogP contribution in [-0.4, -0.2) is 29.1 Å². The van der Waals surface area contributed by atoms with Gasteiger partial charge in [-0.25, -0.2) is 0 Å². The van der Waals surface area contributed by atoms with Gasteiger partial charge in [-0.2, -0.15) is 5.10 Å². The van der Waals surface area contributed by atoms with Gasteiger partial charge in [-0.3, -0.25) is 4.68 Å². The SMILES string of the molecule is COc1ccc(C(O)Cc2cnn(C)c2)cc1OC. The highest BCUT2D eigenvalue weighted by Gasteiger charge is 2.13. The highest BCUT2D eigenvalue weighted by molar-refractivity contribution is 5.43. The Morgan fingerprint density at radius 1 is 1.26 bits per heavy atom. The van der Waals surface area contributed by atoms with Gasteiger partial charge in [-0.05, 0) is 23.3 Å². The van der Waals surface area contributed by atoms with Crippen LogP contribution in [0.2, 0.25) is 0 Å². The van der Waals surface area contributed by atoms with Crippen LogP contribution in [0.4, 0.5) is 0 Å². The summed E-state index contributed by atoms with van der Waals surface area (Å²) in [6, 6.07) is 5.42. The number of aromatic nitrogens is 2. The van der Waals surface area contributed by atoms with E-state index in [2.05, 4.69) is 5.10 Å². The van der Waals surface area contributed by atoms with Crippen LogP contribution in [0.1, 0.15) is 17.2 Å². The summed E-state index contributed by atoms with van der Waals surface area (Å²) in [5.41, 5.74) is 1.78. The lowest BCUT2D eigenvalue weighted by Gasteiger charge is -2.13. The number of benzene rings is 1. The number of ether oxygens (including phenoxy) is 2. The van der Waals surface area contributed by atoms with Gasteiger partial charge in [0.05, 0.1) is 26.5 Å². The fraction of sp³-hybridized carbons (Fsp3) is 0.357. The smallest absolute Gasteiger partial charge is 0.161 e. The first kappa shape index (κ1) is 13.4.